The van der Waals surface area contributed by atoms with E-state index in [1.807, 2.05) is 0 Å². The fourth-order valence-corrected chi connectivity index (χ4v) is 7.09. The number of pyridine rings is 1. The molecule has 2 atom stereocenters. The molecule has 0 N–H and O–H groups in total. The summed E-state index contributed by atoms with van der Waals surface area (Å²) in [5, 5.41) is 0.603. The average molecular weight is 759 g/mol. The number of aromatic nitrogens is 1. The monoisotopic (exact) mass is 757 g/mol. The number of alkyl halides is 3. The van der Waals surface area contributed by atoms with Crippen LogP contribution >= 0.6 is 23.2 Å². The van der Waals surface area contributed by atoms with Crippen molar-refractivity contribution in [2.75, 3.05) is 38.8 Å². The maximum Gasteiger partial charge on any atom is 0.416 e. The second-order valence-corrected chi connectivity index (χ2v) is 13.5. The predicted octanol–water partition coefficient (Wildman–Crippen LogP) is 8.80. The summed E-state index contributed by atoms with van der Waals surface area (Å²) in [7, 11) is 3.00. The highest BCUT2D eigenvalue weighted by molar-refractivity contribution is 6.35. The van der Waals surface area contributed by atoms with Crippen LogP contribution in [0.2, 0.25) is 10.0 Å². The molecule has 1 amide bonds. The van der Waals surface area contributed by atoms with Crippen LogP contribution in [-0.4, -0.2) is 61.9 Å². The highest BCUT2D eigenvalue weighted by Gasteiger charge is 2.38. The minimum atomic E-state index is -4.60. The fourth-order valence-electron chi connectivity index (χ4n) is 6.57. The van der Waals surface area contributed by atoms with Crippen molar-refractivity contribution in [2.24, 2.45) is 5.92 Å². The SMILES string of the molecule is COc1ccc([C@H](Cc2c(Cl)cncc2Cl)OC(=O)c2ccc(CN(C(=O)O[C@H]3CN4CCC3CC4)c3cccc(C(F)(F)F)c3)cc2)cc1OC. The summed E-state index contributed by atoms with van der Waals surface area (Å²) in [5.74, 6) is 0.452. The van der Waals surface area contributed by atoms with Gasteiger partial charge in [0.15, 0.2) is 11.5 Å². The van der Waals surface area contributed by atoms with Crippen LogP contribution < -0.4 is 14.4 Å². The Morgan fingerprint density at radius 2 is 1.63 bits per heavy atom. The Morgan fingerprint density at radius 1 is 0.942 bits per heavy atom. The third-order valence-electron chi connectivity index (χ3n) is 9.45. The topological polar surface area (TPSA) is 90.4 Å². The van der Waals surface area contributed by atoms with Gasteiger partial charge in [0.1, 0.15) is 12.2 Å². The molecule has 4 aromatic rings. The Labute approximate surface area is 309 Å². The van der Waals surface area contributed by atoms with E-state index in [1.165, 1.54) is 55.8 Å². The van der Waals surface area contributed by atoms with Gasteiger partial charge in [0.05, 0.1) is 41.9 Å². The van der Waals surface area contributed by atoms with E-state index in [0.29, 0.717) is 44.8 Å². The molecule has 2 bridgehead atoms. The second kappa shape index (κ2) is 16.0. The highest BCUT2D eigenvalue weighted by Crippen LogP contribution is 2.37. The molecule has 0 saturated carbocycles. The quantitative estimate of drug-likeness (QED) is 0.140. The third kappa shape index (κ3) is 8.57. The van der Waals surface area contributed by atoms with Crippen LogP contribution in [0.1, 0.15) is 51.6 Å². The van der Waals surface area contributed by atoms with Crippen LogP contribution in [0.5, 0.6) is 11.5 Å². The number of ether oxygens (including phenoxy) is 4. The summed E-state index contributed by atoms with van der Waals surface area (Å²) in [6.07, 6.45) is -1.75. The van der Waals surface area contributed by atoms with Crippen molar-refractivity contribution in [3.63, 3.8) is 0 Å². The van der Waals surface area contributed by atoms with Crippen molar-refractivity contribution < 1.29 is 41.7 Å². The number of esters is 1. The van der Waals surface area contributed by atoms with Gasteiger partial charge < -0.3 is 18.9 Å². The Hall–Kier alpha value is -4.52. The van der Waals surface area contributed by atoms with Crippen LogP contribution in [0.25, 0.3) is 0 Å². The van der Waals surface area contributed by atoms with E-state index in [2.05, 4.69) is 9.88 Å². The molecule has 4 heterocycles. The molecule has 9 nitrogen and oxygen atoms in total. The molecule has 0 spiro atoms. The normalized spacial score (nSPS) is 18.7. The standard InChI is InChI=1S/C38H36Cl2F3N3O6/c1-49-32-11-10-26(16-34(32)50-2)33(18-29-30(39)19-44-20-31(29)40)51-36(47)25-8-6-23(7-9-25)21-46(28-5-3-4-27(17-28)38(41,42)43)37(48)52-35-22-45-14-12-24(35)13-15-45/h3-11,16-17,19-20,24,33,35H,12-15,18,21-22H2,1-2H3/t33-,35-/m0/s1. The molecule has 0 unspecified atom stereocenters. The number of anilines is 1. The number of rotatable bonds is 11. The number of piperidine rings is 3. The number of hydrogen-bond donors (Lipinski definition) is 0. The van der Waals surface area contributed by atoms with Crippen molar-refractivity contribution in [3.8, 4) is 11.5 Å². The summed E-state index contributed by atoms with van der Waals surface area (Å²) in [5.41, 5.74) is 1.01. The van der Waals surface area contributed by atoms with E-state index in [1.54, 1.807) is 30.3 Å². The van der Waals surface area contributed by atoms with Gasteiger partial charge >= 0.3 is 18.2 Å². The Balaban J connectivity index is 1.23. The van der Waals surface area contributed by atoms with Gasteiger partial charge in [0.2, 0.25) is 0 Å². The molecule has 274 valence electrons. The molecule has 52 heavy (non-hydrogen) atoms. The summed E-state index contributed by atoms with van der Waals surface area (Å²) in [4.78, 5) is 34.7. The molecule has 3 aromatic carbocycles. The van der Waals surface area contributed by atoms with Crippen LogP contribution in [-0.2, 0) is 28.6 Å². The lowest BCUT2D eigenvalue weighted by Crippen LogP contribution is -2.53. The van der Waals surface area contributed by atoms with Gasteiger partial charge in [0, 0.05) is 31.0 Å². The van der Waals surface area contributed by atoms with E-state index in [4.69, 9.17) is 42.1 Å². The molecular formula is C38H36Cl2F3N3O6. The van der Waals surface area contributed by atoms with Gasteiger partial charge in [-0.2, -0.15) is 13.2 Å². The number of carbonyl (C=O) groups is 2. The van der Waals surface area contributed by atoms with E-state index >= 15 is 0 Å². The minimum Gasteiger partial charge on any atom is -0.493 e. The predicted molar refractivity (Wildman–Crippen MR) is 189 cm³/mol. The van der Waals surface area contributed by atoms with Crippen LogP contribution in [0.4, 0.5) is 23.7 Å². The Bertz CT molecular complexity index is 1880. The lowest BCUT2D eigenvalue weighted by Gasteiger charge is -2.44. The van der Waals surface area contributed by atoms with Gasteiger partial charge in [-0.25, -0.2) is 9.59 Å². The van der Waals surface area contributed by atoms with E-state index in [0.717, 1.165) is 38.1 Å². The van der Waals surface area contributed by atoms with E-state index in [9.17, 15) is 22.8 Å². The molecule has 0 aliphatic carbocycles. The Kier molecular flexibility index (Phi) is 11.5. The zero-order valence-corrected chi connectivity index (χ0v) is 29.9. The summed E-state index contributed by atoms with van der Waals surface area (Å²) < 4.78 is 63.8. The largest absolute Gasteiger partial charge is 0.493 e. The number of fused-ring (bicyclic) bond motifs is 3. The van der Waals surface area contributed by atoms with Gasteiger partial charge in [0.25, 0.3) is 0 Å². The first-order chi connectivity index (χ1) is 24.9. The maximum absolute atomic E-state index is 13.7. The van der Waals surface area contributed by atoms with E-state index < -0.39 is 29.9 Å². The van der Waals surface area contributed by atoms with Crippen molar-refractivity contribution >= 4 is 41.0 Å². The second-order valence-electron chi connectivity index (χ2n) is 12.7. The summed E-state index contributed by atoms with van der Waals surface area (Å²) in [6, 6.07) is 16.0. The van der Waals surface area contributed by atoms with Crippen molar-refractivity contribution in [3.05, 3.63) is 117 Å². The average Bonchev–Trinajstić information content (AvgIpc) is 3.15. The van der Waals surface area contributed by atoms with Crippen molar-refractivity contribution in [1.82, 2.24) is 9.88 Å². The van der Waals surface area contributed by atoms with Crippen LogP contribution in [0, 0.1) is 5.92 Å². The van der Waals surface area contributed by atoms with Gasteiger partial charge in [-0.15, -0.1) is 0 Å². The first-order valence-corrected chi connectivity index (χ1v) is 17.4. The van der Waals surface area contributed by atoms with Gasteiger partial charge in [-0.05, 0) is 91.0 Å². The molecule has 0 radical (unpaired) electrons. The van der Waals surface area contributed by atoms with Crippen molar-refractivity contribution in [1.29, 1.82) is 0 Å². The maximum atomic E-state index is 13.7. The molecule has 3 saturated heterocycles. The number of carbonyl (C=O) groups excluding carboxylic acids is 2. The van der Waals surface area contributed by atoms with Crippen LogP contribution in [0.3, 0.4) is 0 Å². The lowest BCUT2D eigenvalue weighted by molar-refractivity contribution is -0.137. The van der Waals surface area contributed by atoms with Crippen molar-refractivity contribution in [2.45, 2.75) is 44.2 Å². The smallest absolute Gasteiger partial charge is 0.416 e. The van der Waals surface area contributed by atoms with Gasteiger partial charge in [-0.1, -0.05) is 47.5 Å². The highest BCUT2D eigenvalue weighted by atomic mass is 35.5. The lowest BCUT2D eigenvalue weighted by atomic mass is 9.86. The number of hydrogen-bond acceptors (Lipinski definition) is 8. The number of methoxy groups -OCH3 is 2. The zero-order chi connectivity index (χ0) is 37.0. The van der Waals surface area contributed by atoms with Crippen LogP contribution in [0.15, 0.2) is 79.1 Å². The molecule has 3 aliphatic heterocycles. The summed E-state index contributed by atoms with van der Waals surface area (Å²) in [6.45, 7) is 2.35. The third-order valence-corrected chi connectivity index (χ3v) is 10.1. The minimum absolute atomic E-state index is 0.0378. The molecule has 3 fully saturated rings. The molecule has 3 aliphatic rings. The number of amides is 1. The molecular weight excluding hydrogens is 722 g/mol. The molecule has 7 rings (SSSR count). The van der Waals surface area contributed by atoms with Gasteiger partial charge in [-0.3, -0.25) is 14.8 Å². The number of nitrogens with zero attached hydrogens (tertiary/aromatic N) is 3. The van der Waals surface area contributed by atoms with E-state index in [-0.39, 0.29) is 36.2 Å². The molecule has 14 heteroatoms. The number of benzene rings is 3. The zero-order valence-electron chi connectivity index (χ0n) is 28.4. The first kappa shape index (κ1) is 37.2. The fraction of sp³-hybridized carbons (Fsp3) is 0.342. The summed E-state index contributed by atoms with van der Waals surface area (Å²) >= 11 is 12.8. The molecule has 1 aromatic heterocycles. The first-order valence-electron chi connectivity index (χ1n) is 16.6. The number of halogens is 5. The Morgan fingerprint density at radius 3 is 2.25 bits per heavy atom.